The number of hydrogen-bond acceptors (Lipinski definition) is 1. The van der Waals surface area contributed by atoms with Gasteiger partial charge in [-0.2, -0.15) is 0 Å². The van der Waals surface area contributed by atoms with Crippen molar-refractivity contribution < 1.29 is 4.79 Å². The van der Waals surface area contributed by atoms with Crippen LogP contribution in [-0.4, -0.2) is 12.6 Å². The summed E-state index contributed by atoms with van der Waals surface area (Å²) in [6, 6.07) is -0.342. The van der Waals surface area contributed by atoms with E-state index in [0.717, 1.165) is 0 Å². The van der Waals surface area contributed by atoms with Crippen LogP contribution < -0.4 is 10.2 Å². The number of carbonyl (C=O) groups excluding carboxylic acids is 1. The minimum atomic E-state index is -0.342. The lowest BCUT2D eigenvalue weighted by atomic mass is 10.2. The van der Waals surface area contributed by atoms with Gasteiger partial charge in [-0.3, -0.25) is 0 Å². The molecule has 0 aromatic rings. The van der Waals surface area contributed by atoms with Crippen LogP contribution in [0.1, 0.15) is 13.8 Å². The van der Waals surface area contributed by atoms with Crippen LogP contribution in [-0.2, 0) is 0 Å². The van der Waals surface area contributed by atoms with Crippen molar-refractivity contribution in [2.75, 3.05) is 6.54 Å². The molecule has 0 aliphatic carbocycles. The third-order valence-corrected chi connectivity index (χ3v) is 0.928. The Hall–Kier alpha value is -0.440. The molecule has 0 saturated heterocycles. The highest BCUT2D eigenvalue weighted by Gasteiger charge is 1.96. The number of amides is 2. The molecule has 0 rings (SSSR count). The van der Waals surface area contributed by atoms with Gasteiger partial charge in [-0.1, -0.05) is 13.8 Å². The maximum atomic E-state index is 10.4. The van der Waals surface area contributed by atoms with Crippen LogP contribution >= 0.6 is 11.8 Å². The van der Waals surface area contributed by atoms with Crippen molar-refractivity contribution in [3.8, 4) is 0 Å². The van der Waals surface area contributed by atoms with E-state index in [1.54, 1.807) is 0 Å². The number of rotatable bonds is 2. The third-order valence-electron chi connectivity index (χ3n) is 0.757. The number of halogens is 1. The summed E-state index contributed by atoms with van der Waals surface area (Å²) in [4.78, 5) is 12.3. The molecule has 2 amide bonds. The van der Waals surface area contributed by atoms with Crippen molar-refractivity contribution in [2.45, 2.75) is 13.8 Å². The van der Waals surface area contributed by atoms with Gasteiger partial charge in [0.1, 0.15) is 0 Å². The molecular weight excluding hydrogens is 140 g/mol. The van der Waals surface area contributed by atoms with E-state index < -0.39 is 0 Å². The molecule has 0 saturated carbocycles. The van der Waals surface area contributed by atoms with Crippen molar-refractivity contribution in [3.63, 3.8) is 0 Å². The zero-order chi connectivity index (χ0) is 7.28. The second-order valence-corrected chi connectivity index (χ2v) is 2.39. The van der Waals surface area contributed by atoms with E-state index in [1.165, 1.54) is 0 Å². The van der Waals surface area contributed by atoms with E-state index >= 15 is 0 Å². The molecule has 0 aliphatic rings. The SMILES string of the molecule is CC(C)CNC(=O)NCl. The summed E-state index contributed by atoms with van der Waals surface area (Å²) < 4.78 is 0. The van der Waals surface area contributed by atoms with E-state index in [1.807, 2.05) is 18.7 Å². The first kappa shape index (κ1) is 8.56. The predicted octanol–water partition coefficient (Wildman–Crippen LogP) is 1.10. The number of carbonyl (C=O) groups is 1. The summed E-state index contributed by atoms with van der Waals surface area (Å²) in [5.41, 5.74) is 0. The summed E-state index contributed by atoms with van der Waals surface area (Å²) in [6.07, 6.45) is 0. The molecule has 9 heavy (non-hydrogen) atoms. The highest BCUT2D eigenvalue weighted by molar-refractivity contribution is 6.21. The van der Waals surface area contributed by atoms with Crippen LogP contribution in [0.2, 0.25) is 0 Å². The Balaban J connectivity index is 3.17. The highest BCUT2D eigenvalue weighted by Crippen LogP contribution is 1.86. The zero-order valence-electron chi connectivity index (χ0n) is 5.57. The molecule has 0 bridgehead atoms. The fourth-order valence-electron chi connectivity index (χ4n) is 0.330. The van der Waals surface area contributed by atoms with Gasteiger partial charge in [0, 0.05) is 18.3 Å². The Kier molecular flexibility index (Phi) is 4.22. The normalized spacial score (nSPS) is 9.33. The monoisotopic (exact) mass is 150 g/mol. The Morgan fingerprint density at radius 2 is 2.22 bits per heavy atom. The second kappa shape index (κ2) is 4.44. The van der Waals surface area contributed by atoms with Gasteiger partial charge in [0.15, 0.2) is 0 Å². The van der Waals surface area contributed by atoms with E-state index in [4.69, 9.17) is 11.8 Å². The lowest BCUT2D eigenvalue weighted by Crippen LogP contribution is -2.32. The fraction of sp³-hybridized carbons (Fsp3) is 0.800. The summed E-state index contributed by atoms with van der Waals surface area (Å²) in [5.74, 6) is 0.457. The minimum absolute atomic E-state index is 0.342. The van der Waals surface area contributed by atoms with Crippen molar-refractivity contribution in [3.05, 3.63) is 0 Å². The van der Waals surface area contributed by atoms with Crippen LogP contribution in [0.15, 0.2) is 0 Å². The highest BCUT2D eigenvalue weighted by atomic mass is 35.5. The molecule has 0 atom stereocenters. The van der Waals surface area contributed by atoms with Crippen LogP contribution in [0.3, 0.4) is 0 Å². The van der Waals surface area contributed by atoms with Gasteiger partial charge in [0.05, 0.1) is 0 Å². The minimum Gasteiger partial charge on any atom is -0.337 e. The van der Waals surface area contributed by atoms with Gasteiger partial charge < -0.3 is 5.32 Å². The largest absolute Gasteiger partial charge is 0.337 e. The standard InChI is InChI=1S/C5H11ClN2O/c1-4(2)3-7-5(9)8-6/h4H,3H2,1-2H3,(H2,7,8,9). The fourth-order valence-corrected chi connectivity index (χ4v) is 0.397. The average Bonchev–Trinajstić information content (AvgIpc) is 1.83. The molecule has 0 heterocycles. The summed E-state index contributed by atoms with van der Waals surface area (Å²) >= 11 is 4.97. The maximum absolute atomic E-state index is 10.4. The number of hydrogen-bond donors (Lipinski definition) is 2. The van der Waals surface area contributed by atoms with Gasteiger partial charge in [0.2, 0.25) is 0 Å². The van der Waals surface area contributed by atoms with Gasteiger partial charge in [0.25, 0.3) is 0 Å². The molecule has 0 aromatic heterocycles. The predicted molar refractivity (Wildman–Crippen MR) is 37.2 cm³/mol. The van der Waals surface area contributed by atoms with Crippen molar-refractivity contribution in [2.24, 2.45) is 5.92 Å². The first-order valence-electron chi connectivity index (χ1n) is 2.81. The van der Waals surface area contributed by atoms with Crippen molar-refractivity contribution in [1.29, 1.82) is 0 Å². The van der Waals surface area contributed by atoms with Crippen LogP contribution in [0.4, 0.5) is 4.79 Å². The first-order valence-corrected chi connectivity index (χ1v) is 3.19. The summed E-state index contributed by atoms with van der Waals surface area (Å²) in [6.45, 7) is 4.67. The quantitative estimate of drug-likeness (QED) is 0.569. The lowest BCUT2D eigenvalue weighted by molar-refractivity contribution is 0.245. The van der Waals surface area contributed by atoms with E-state index in [-0.39, 0.29) is 6.03 Å². The molecule has 2 N–H and O–H groups in total. The molecule has 0 spiro atoms. The topological polar surface area (TPSA) is 41.1 Å². The molecule has 0 aromatic carbocycles. The lowest BCUT2D eigenvalue weighted by Gasteiger charge is -2.04. The third kappa shape index (κ3) is 5.43. The van der Waals surface area contributed by atoms with E-state index in [0.29, 0.717) is 12.5 Å². The molecule has 0 fully saturated rings. The molecule has 3 nitrogen and oxygen atoms in total. The van der Waals surface area contributed by atoms with Gasteiger partial charge >= 0.3 is 6.03 Å². The Labute approximate surface area is 59.9 Å². The van der Waals surface area contributed by atoms with Crippen molar-refractivity contribution >= 4 is 17.8 Å². The van der Waals surface area contributed by atoms with Gasteiger partial charge in [-0.15, -0.1) is 0 Å². The number of urea groups is 1. The molecule has 0 radical (unpaired) electrons. The maximum Gasteiger partial charge on any atom is 0.329 e. The van der Waals surface area contributed by atoms with E-state index in [2.05, 4.69) is 5.32 Å². The molecule has 0 aliphatic heterocycles. The zero-order valence-corrected chi connectivity index (χ0v) is 6.33. The van der Waals surface area contributed by atoms with Crippen molar-refractivity contribution in [1.82, 2.24) is 10.2 Å². The Morgan fingerprint density at radius 1 is 1.67 bits per heavy atom. The molecule has 4 heteroatoms. The van der Waals surface area contributed by atoms with Crippen LogP contribution in [0.5, 0.6) is 0 Å². The average molecular weight is 151 g/mol. The van der Waals surface area contributed by atoms with Gasteiger partial charge in [-0.25, -0.2) is 9.63 Å². The Bertz CT molecular complexity index is 95.0. The molecular formula is C5H11ClN2O. The summed E-state index contributed by atoms with van der Waals surface area (Å²) in [7, 11) is 0. The second-order valence-electron chi connectivity index (χ2n) is 2.20. The summed E-state index contributed by atoms with van der Waals surface area (Å²) in [5, 5.41) is 2.55. The Morgan fingerprint density at radius 3 is 2.56 bits per heavy atom. The van der Waals surface area contributed by atoms with Crippen LogP contribution in [0, 0.1) is 5.92 Å². The van der Waals surface area contributed by atoms with E-state index in [9.17, 15) is 4.79 Å². The molecule has 54 valence electrons. The first-order chi connectivity index (χ1) is 4.16. The number of nitrogens with one attached hydrogen (secondary N) is 2. The van der Waals surface area contributed by atoms with Crippen LogP contribution in [0.25, 0.3) is 0 Å². The smallest absolute Gasteiger partial charge is 0.329 e. The molecule has 0 unspecified atom stereocenters. The van der Waals surface area contributed by atoms with Gasteiger partial charge in [-0.05, 0) is 5.92 Å².